The van der Waals surface area contributed by atoms with Crippen molar-refractivity contribution in [3.05, 3.63) is 30.3 Å². The fourth-order valence-corrected chi connectivity index (χ4v) is 1.61. The van der Waals surface area contributed by atoms with Crippen LogP contribution in [0.15, 0.2) is 30.3 Å². The summed E-state index contributed by atoms with van der Waals surface area (Å²) in [4.78, 5) is 13.5. The molecule has 1 aromatic rings. The molecule has 3 heteroatoms. The van der Waals surface area contributed by atoms with Crippen molar-refractivity contribution >= 4 is 11.6 Å². The van der Waals surface area contributed by atoms with Gasteiger partial charge in [-0.15, -0.1) is 0 Å². The molecule has 0 radical (unpaired) electrons. The molecule has 0 heterocycles. The van der Waals surface area contributed by atoms with Crippen LogP contribution in [0.25, 0.3) is 0 Å². The Bertz CT molecular complexity index is 324. The van der Waals surface area contributed by atoms with Crippen molar-refractivity contribution in [1.82, 2.24) is 5.32 Å². The van der Waals surface area contributed by atoms with Gasteiger partial charge in [-0.3, -0.25) is 4.79 Å². The minimum Gasteiger partial charge on any atom is -0.314 e. The lowest BCUT2D eigenvalue weighted by Gasteiger charge is -2.17. The Balaban J connectivity index is 2.28. The normalized spacial score (nSPS) is 10.2. The fraction of sp³-hybridized carbons (Fsp3) is 0.500. The van der Waals surface area contributed by atoms with Gasteiger partial charge in [0.1, 0.15) is 0 Å². The van der Waals surface area contributed by atoms with Gasteiger partial charge in [0.2, 0.25) is 5.91 Å². The zero-order valence-electron chi connectivity index (χ0n) is 10.8. The number of carbonyl (C=O) groups excluding carboxylic acids is 1. The van der Waals surface area contributed by atoms with Crippen molar-refractivity contribution in [2.75, 3.05) is 25.0 Å². The van der Waals surface area contributed by atoms with Crippen molar-refractivity contribution in [2.45, 2.75) is 26.2 Å². The molecule has 0 atom stereocenters. The number of unbranched alkanes of at least 4 members (excludes halogenated alkanes) is 2. The molecule has 0 saturated heterocycles. The third kappa shape index (κ3) is 5.00. The minimum absolute atomic E-state index is 0.104. The third-order valence-electron chi connectivity index (χ3n) is 2.75. The Labute approximate surface area is 104 Å². The molecule has 0 aliphatic heterocycles. The summed E-state index contributed by atoms with van der Waals surface area (Å²) >= 11 is 0. The van der Waals surface area contributed by atoms with E-state index in [1.807, 2.05) is 37.4 Å². The maximum Gasteiger partial charge on any atom is 0.240 e. The van der Waals surface area contributed by atoms with Gasteiger partial charge in [0, 0.05) is 12.7 Å². The standard InChI is InChI=1S/C14H22N2O/c1-3-4-8-11-15-12-14(17)16(2)13-9-6-5-7-10-13/h5-7,9-10,15H,3-4,8,11-12H2,1-2H3. The van der Waals surface area contributed by atoms with Crippen molar-refractivity contribution < 1.29 is 4.79 Å². The van der Waals surface area contributed by atoms with Crippen LogP contribution in [0.4, 0.5) is 5.69 Å². The molecule has 1 aromatic carbocycles. The fourth-order valence-electron chi connectivity index (χ4n) is 1.61. The van der Waals surface area contributed by atoms with Crippen molar-refractivity contribution in [1.29, 1.82) is 0 Å². The molecule has 94 valence electrons. The van der Waals surface area contributed by atoms with E-state index in [0.29, 0.717) is 6.54 Å². The van der Waals surface area contributed by atoms with Gasteiger partial charge in [0.05, 0.1) is 6.54 Å². The van der Waals surface area contributed by atoms with E-state index in [1.54, 1.807) is 4.90 Å². The molecule has 1 N–H and O–H groups in total. The van der Waals surface area contributed by atoms with Crippen LogP contribution in [0, 0.1) is 0 Å². The van der Waals surface area contributed by atoms with Crippen LogP contribution < -0.4 is 10.2 Å². The Hall–Kier alpha value is -1.35. The number of nitrogens with zero attached hydrogens (tertiary/aromatic N) is 1. The van der Waals surface area contributed by atoms with E-state index >= 15 is 0 Å². The second kappa shape index (κ2) is 7.85. The number of rotatable bonds is 7. The molecule has 0 unspecified atom stereocenters. The lowest BCUT2D eigenvalue weighted by Crippen LogP contribution is -2.35. The predicted molar refractivity (Wildman–Crippen MR) is 72.2 cm³/mol. The van der Waals surface area contributed by atoms with E-state index in [1.165, 1.54) is 12.8 Å². The average molecular weight is 234 g/mol. The molecule has 0 saturated carbocycles. The number of nitrogens with one attached hydrogen (secondary N) is 1. The first-order valence-electron chi connectivity index (χ1n) is 6.28. The van der Waals surface area contributed by atoms with Gasteiger partial charge in [0.15, 0.2) is 0 Å². The molecule has 0 aliphatic carbocycles. The van der Waals surface area contributed by atoms with E-state index < -0.39 is 0 Å². The zero-order chi connectivity index (χ0) is 12.5. The van der Waals surface area contributed by atoms with Crippen LogP contribution in [0.3, 0.4) is 0 Å². The molecule has 1 rings (SSSR count). The smallest absolute Gasteiger partial charge is 0.240 e. The van der Waals surface area contributed by atoms with Crippen LogP contribution in [0.2, 0.25) is 0 Å². The van der Waals surface area contributed by atoms with E-state index in [4.69, 9.17) is 0 Å². The van der Waals surface area contributed by atoms with Gasteiger partial charge in [-0.05, 0) is 25.1 Å². The first kappa shape index (κ1) is 13.7. The Kier molecular flexibility index (Phi) is 6.33. The summed E-state index contributed by atoms with van der Waals surface area (Å²) in [5.74, 6) is 0.104. The molecule has 0 fully saturated rings. The number of anilines is 1. The van der Waals surface area contributed by atoms with Gasteiger partial charge in [-0.2, -0.15) is 0 Å². The molecule has 0 bridgehead atoms. The molecule has 1 amide bonds. The topological polar surface area (TPSA) is 32.3 Å². The highest BCUT2D eigenvalue weighted by atomic mass is 16.2. The number of hydrogen-bond acceptors (Lipinski definition) is 2. The van der Waals surface area contributed by atoms with Gasteiger partial charge < -0.3 is 10.2 Å². The second-order valence-corrected chi connectivity index (χ2v) is 4.17. The largest absolute Gasteiger partial charge is 0.314 e. The molecular weight excluding hydrogens is 212 g/mol. The summed E-state index contributed by atoms with van der Waals surface area (Å²) in [6.07, 6.45) is 3.56. The molecular formula is C14H22N2O. The Morgan fingerprint density at radius 2 is 1.94 bits per heavy atom. The molecule has 0 spiro atoms. The van der Waals surface area contributed by atoms with Crippen LogP contribution >= 0.6 is 0 Å². The van der Waals surface area contributed by atoms with E-state index in [2.05, 4.69) is 12.2 Å². The van der Waals surface area contributed by atoms with Crippen LogP contribution in [-0.4, -0.2) is 26.0 Å². The van der Waals surface area contributed by atoms with E-state index in [9.17, 15) is 4.79 Å². The number of para-hydroxylation sites is 1. The number of carbonyl (C=O) groups is 1. The third-order valence-corrected chi connectivity index (χ3v) is 2.75. The average Bonchev–Trinajstić information content (AvgIpc) is 2.38. The number of amides is 1. The number of likely N-dealkylation sites (N-methyl/N-ethyl adjacent to an activating group) is 1. The van der Waals surface area contributed by atoms with Crippen LogP contribution in [-0.2, 0) is 4.79 Å². The summed E-state index contributed by atoms with van der Waals surface area (Å²) in [5.41, 5.74) is 0.938. The lowest BCUT2D eigenvalue weighted by molar-refractivity contribution is -0.117. The molecule has 0 aromatic heterocycles. The molecule has 0 aliphatic rings. The quantitative estimate of drug-likeness (QED) is 0.735. The highest BCUT2D eigenvalue weighted by Gasteiger charge is 2.08. The Morgan fingerprint density at radius 3 is 2.59 bits per heavy atom. The maximum absolute atomic E-state index is 11.8. The monoisotopic (exact) mass is 234 g/mol. The van der Waals surface area contributed by atoms with Gasteiger partial charge >= 0.3 is 0 Å². The first-order valence-corrected chi connectivity index (χ1v) is 6.28. The van der Waals surface area contributed by atoms with Crippen molar-refractivity contribution in [3.63, 3.8) is 0 Å². The van der Waals surface area contributed by atoms with Crippen LogP contribution in [0.5, 0.6) is 0 Å². The van der Waals surface area contributed by atoms with Gasteiger partial charge in [0.25, 0.3) is 0 Å². The summed E-state index contributed by atoms with van der Waals surface area (Å²) in [7, 11) is 1.81. The maximum atomic E-state index is 11.8. The SMILES string of the molecule is CCCCCNCC(=O)N(C)c1ccccc1. The summed E-state index contributed by atoms with van der Waals surface area (Å²) in [6, 6.07) is 9.70. The minimum atomic E-state index is 0.104. The van der Waals surface area contributed by atoms with Gasteiger partial charge in [-0.1, -0.05) is 38.0 Å². The number of benzene rings is 1. The number of hydrogen-bond donors (Lipinski definition) is 1. The highest BCUT2D eigenvalue weighted by molar-refractivity contribution is 5.94. The van der Waals surface area contributed by atoms with Crippen LogP contribution in [0.1, 0.15) is 26.2 Å². The van der Waals surface area contributed by atoms with Gasteiger partial charge in [-0.25, -0.2) is 0 Å². The predicted octanol–water partition coefficient (Wildman–Crippen LogP) is 2.43. The lowest BCUT2D eigenvalue weighted by atomic mass is 10.2. The summed E-state index contributed by atoms with van der Waals surface area (Å²) in [5, 5.41) is 3.18. The van der Waals surface area contributed by atoms with E-state index in [-0.39, 0.29) is 5.91 Å². The Morgan fingerprint density at radius 1 is 1.24 bits per heavy atom. The van der Waals surface area contributed by atoms with E-state index in [0.717, 1.165) is 18.7 Å². The summed E-state index contributed by atoms with van der Waals surface area (Å²) in [6.45, 7) is 3.51. The first-order chi connectivity index (χ1) is 8.25. The van der Waals surface area contributed by atoms with Crippen molar-refractivity contribution in [2.24, 2.45) is 0 Å². The zero-order valence-corrected chi connectivity index (χ0v) is 10.8. The molecule has 17 heavy (non-hydrogen) atoms. The van der Waals surface area contributed by atoms with Crippen molar-refractivity contribution in [3.8, 4) is 0 Å². The molecule has 3 nitrogen and oxygen atoms in total. The highest BCUT2D eigenvalue weighted by Crippen LogP contribution is 2.10. The second-order valence-electron chi connectivity index (χ2n) is 4.17. The summed E-state index contributed by atoms with van der Waals surface area (Å²) < 4.78 is 0.